The Labute approximate surface area is 125 Å². The summed E-state index contributed by atoms with van der Waals surface area (Å²) in [5.74, 6) is 1.52. The van der Waals surface area contributed by atoms with E-state index in [0.717, 1.165) is 37.2 Å². The number of aryl methyl sites for hydroxylation is 1. The number of hydrogen-bond donors (Lipinski definition) is 1. The Morgan fingerprint density at radius 2 is 2.00 bits per heavy atom. The first kappa shape index (κ1) is 15.2. The van der Waals surface area contributed by atoms with Gasteiger partial charge in [0.1, 0.15) is 12.1 Å². The van der Waals surface area contributed by atoms with E-state index in [1.54, 1.807) is 6.33 Å². The third-order valence-corrected chi connectivity index (χ3v) is 3.18. The van der Waals surface area contributed by atoms with Crippen molar-refractivity contribution < 1.29 is 4.74 Å². The number of anilines is 1. The topological polar surface area (TPSA) is 59.9 Å². The number of pyridine rings is 1. The number of rotatable bonds is 8. The minimum atomic E-state index is 0.646. The molecule has 2 aromatic rings. The van der Waals surface area contributed by atoms with E-state index in [9.17, 15) is 0 Å². The molecule has 2 aromatic heterocycles. The molecule has 0 aliphatic rings. The highest BCUT2D eigenvalue weighted by Gasteiger charge is 2.07. The Morgan fingerprint density at radius 1 is 1.19 bits per heavy atom. The van der Waals surface area contributed by atoms with Gasteiger partial charge in [-0.2, -0.15) is 0 Å². The van der Waals surface area contributed by atoms with Crippen LogP contribution in [0.15, 0.2) is 30.9 Å². The molecule has 5 heteroatoms. The van der Waals surface area contributed by atoms with E-state index in [1.165, 1.54) is 5.56 Å². The summed E-state index contributed by atoms with van der Waals surface area (Å²) in [5, 5.41) is 3.28. The van der Waals surface area contributed by atoms with Crippen LogP contribution in [-0.4, -0.2) is 28.1 Å². The summed E-state index contributed by atoms with van der Waals surface area (Å²) in [4.78, 5) is 12.5. The molecule has 112 valence electrons. The van der Waals surface area contributed by atoms with Crippen molar-refractivity contribution in [2.24, 2.45) is 0 Å². The van der Waals surface area contributed by atoms with Gasteiger partial charge >= 0.3 is 0 Å². The highest BCUT2D eigenvalue weighted by molar-refractivity contribution is 5.47. The van der Waals surface area contributed by atoms with Crippen LogP contribution in [0.1, 0.15) is 30.9 Å². The molecule has 0 spiro atoms. The van der Waals surface area contributed by atoms with E-state index in [2.05, 4.69) is 27.2 Å². The van der Waals surface area contributed by atoms with E-state index < -0.39 is 0 Å². The predicted octanol–water partition coefficient (Wildman–Crippen LogP) is 3.01. The molecule has 0 radical (unpaired) electrons. The van der Waals surface area contributed by atoms with Crippen molar-refractivity contribution in [3.05, 3.63) is 42.0 Å². The lowest BCUT2D eigenvalue weighted by Gasteiger charge is -2.11. The molecule has 0 amide bonds. The molecular formula is C16H22N4O. The number of aromatic nitrogens is 3. The highest BCUT2D eigenvalue weighted by atomic mass is 16.5. The summed E-state index contributed by atoms with van der Waals surface area (Å²) in [6.07, 6.45) is 8.17. The maximum Gasteiger partial charge on any atom is 0.221 e. The molecule has 0 bridgehead atoms. The number of hydrogen-bond acceptors (Lipinski definition) is 5. The van der Waals surface area contributed by atoms with Crippen LogP contribution in [0.2, 0.25) is 0 Å². The third kappa shape index (κ3) is 4.70. The number of nitrogens with one attached hydrogen (secondary N) is 1. The Kier molecular flexibility index (Phi) is 5.94. The van der Waals surface area contributed by atoms with Crippen molar-refractivity contribution in [1.29, 1.82) is 0 Å². The van der Waals surface area contributed by atoms with Crippen LogP contribution in [0.25, 0.3) is 0 Å². The lowest BCUT2D eigenvalue weighted by molar-refractivity contribution is 0.296. The van der Waals surface area contributed by atoms with Crippen molar-refractivity contribution in [3.63, 3.8) is 0 Å². The predicted molar refractivity (Wildman–Crippen MR) is 83.6 cm³/mol. The Bertz CT molecular complexity index is 545. The fraction of sp³-hybridized carbons (Fsp3) is 0.438. The number of nitrogens with zero attached hydrogens (tertiary/aromatic N) is 3. The second kappa shape index (κ2) is 8.19. The van der Waals surface area contributed by atoms with Gasteiger partial charge in [0.2, 0.25) is 5.88 Å². The first-order chi connectivity index (χ1) is 10.3. The van der Waals surface area contributed by atoms with Gasteiger partial charge in [0.15, 0.2) is 0 Å². The van der Waals surface area contributed by atoms with Gasteiger partial charge in [-0.05, 0) is 43.9 Å². The van der Waals surface area contributed by atoms with Crippen molar-refractivity contribution in [1.82, 2.24) is 15.0 Å². The first-order valence-electron chi connectivity index (χ1n) is 7.38. The first-order valence-corrected chi connectivity index (χ1v) is 7.38. The fourth-order valence-corrected chi connectivity index (χ4v) is 2.00. The largest absolute Gasteiger partial charge is 0.477 e. The molecule has 0 aliphatic heterocycles. The molecule has 0 saturated carbocycles. The standard InChI is InChI=1S/C16H22N4O/c1-3-8-18-15-13(2)16(20-12-19-15)21-11-4-5-14-6-9-17-10-7-14/h6-7,9-10,12H,3-5,8,11H2,1-2H3,(H,18,19,20). The van der Waals surface area contributed by atoms with Crippen molar-refractivity contribution >= 4 is 5.82 Å². The Morgan fingerprint density at radius 3 is 2.76 bits per heavy atom. The SMILES string of the molecule is CCCNc1ncnc(OCCCc2ccncc2)c1C. The normalized spacial score (nSPS) is 10.4. The van der Waals surface area contributed by atoms with Gasteiger partial charge in [-0.25, -0.2) is 9.97 Å². The summed E-state index contributed by atoms with van der Waals surface area (Å²) < 4.78 is 5.77. The molecular weight excluding hydrogens is 264 g/mol. The maximum absolute atomic E-state index is 5.77. The molecule has 0 atom stereocenters. The van der Waals surface area contributed by atoms with Crippen LogP contribution in [0.4, 0.5) is 5.82 Å². The van der Waals surface area contributed by atoms with Crippen LogP contribution < -0.4 is 10.1 Å². The molecule has 0 aromatic carbocycles. The minimum absolute atomic E-state index is 0.646. The second-order valence-corrected chi connectivity index (χ2v) is 4.89. The van der Waals surface area contributed by atoms with Crippen LogP contribution in [0.5, 0.6) is 5.88 Å². The molecule has 1 N–H and O–H groups in total. The lowest BCUT2D eigenvalue weighted by Crippen LogP contribution is -2.08. The zero-order chi connectivity index (χ0) is 14.9. The average Bonchev–Trinajstić information content (AvgIpc) is 2.53. The van der Waals surface area contributed by atoms with Gasteiger partial charge in [-0.3, -0.25) is 4.98 Å². The molecule has 5 nitrogen and oxygen atoms in total. The van der Waals surface area contributed by atoms with Crippen LogP contribution >= 0.6 is 0 Å². The van der Waals surface area contributed by atoms with Crippen LogP contribution in [-0.2, 0) is 6.42 Å². The summed E-state index contributed by atoms with van der Waals surface area (Å²) in [6, 6.07) is 4.06. The molecule has 0 saturated heterocycles. The van der Waals surface area contributed by atoms with Gasteiger partial charge in [0.05, 0.1) is 12.2 Å². The maximum atomic E-state index is 5.77. The second-order valence-electron chi connectivity index (χ2n) is 4.89. The Balaban J connectivity index is 1.83. The van der Waals surface area contributed by atoms with E-state index in [0.29, 0.717) is 12.5 Å². The fourth-order valence-electron chi connectivity index (χ4n) is 2.00. The van der Waals surface area contributed by atoms with Gasteiger partial charge in [0, 0.05) is 18.9 Å². The van der Waals surface area contributed by atoms with Crippen LogP contribution in [0, 0.1) is 6.92 Å². The number of ether oxygens (including phenoxy) is 1. The molecule has 2 heterocycles. The quantitative estimate of drug-likeness (QED) is 0.756. The molecule has 0 unspecified atom stereocenters. The van der Waals surface area contributed by atoms with Crippen molar-refractivity contribution in [2.75, 3.05) is 18.5 Å². The third-order valence-electron chi connectivity index (χ3n) is 3.18. The summed E-state index contributed by atoms with van der Waals surface area (Å²) in [5.41, 5.74) is 2.24. The van der Waals surface area contributed by atoms with E-state index in [1.807, 2.05) is 31.5 Å². The van der Waals surface area contributed by atoms with Crippen molar-refractivity contribution in [2.45, 2.75) is 33.1 Å². The smallest absolute Gasteiger partial charge is 0.221 e. The Hall–Kier alpha value is -2.17. The monoisotopic (exact) mass is 286 g/mol. The zero-order valence-corrected chi connectivity index (χ0v) is 12.7. The summed E-state index contributed by atoms with van der Waals surface area (Å²) in [6.45, 7) is 5.66. The van der Waals surface area contributed by atoms with Crippen molar-refractivity contribution in [3.8, 4) is 5.88 Å². The molecule has 0 fully saturated rings. The average molecular weight is 286 g/mol. The van der Waals surface area contributed by atoms with Gasteiger partial charge < -0.3 is 10.1 Å². The molecule has 0 aliphatic carbocycles. The summed E-state index contributed by atoms with van der Waals surface area (Å²) in [7, 11) is 0. The van der Waals surface area contributed by atoms with Gasteiger partial charge in [-0.15, -0.1) is 0 Å². The lowest BCUT2D eigenvalue weighted by atomic mass is 10.1. The van der Waals surface area contributed by atoms with Crippen LogP contribution in [0.3, 0.4) is 0 Å². The van der Waals surface area contributed by atoms with E-state index >= 15 is 0 Å². The molecule has 21 heavy (non-hydrogen) atoms. The summed E-state index contributed by atoms with van der Waals surface area (Å²) >= 11 is 0. The highest BCUT2D eigenvalue weighted by Crippen LogP contribution is 2.20. The zero-order valence-electron chi connectivity index (χ0n) is 12.7. The minimum Gasteiger partial charge on any atom is -0.477 e. The van der Waals surface area contributed by atoms with E-state index in [-0.39, 0.29) is 0 Å². The van der Waals surface area contributed by atoms with Gasteiger partial charge in [-0.1, -0.05) is 6.92 Å². The molecule has 2 rings (SSSR count). The van der Waals surface area contributed by atoms with Gasteiger partial charge in [0.25, 0.3) is 0 Å². The van der Waals surface area contributed by atoms with E-state index in [4.69, 9.17) is 4.74 Å².